The number of aliphatic carboxylic acids is 1. The number of rotatable bonds is 3. The van der Waals surface area contributed by atoms with Gasteiger partial charge < -0.3 is 10.4 Å². The van der Waals surface area contributed by atoms with Crippen molar-refractivity contribution in [1.29, 1.82) is 0 Å². The maximum atomic E-state index is 11.7. The van der Waals surface area contributed by atoms with Crippen molar-refractivity contribution in [1.82, 2.24) is 9.97 Å². The Kier molecular flexibility index (Phi) is 3.59. The Bertz CT molecular complexity index is 510. The monoisotopic (exact) mass is 275 g/mol. The summed E-state index contributed by atoms with van der Waals surface area (Å²) in [7, 11) is 0. The normalized spacial score (nSPS) is 21.0. The van der Waals surface area contributed by atoms with E-state index in [1.165, 1.54) is 0 Å². The molecule has 0 spiro atoms. The molecular weight excluding hydrogens is 254 g/mol. The predicted molar refractivity (Wildman–Crippen MR) is 75.7 cm³/mol. The number of anilines is 1. The Morgan fingerprint density at radius 3 is 2.60 bits per heavy atom. The molecule has 1 aromatic rings. The number of carboxylic acids is 1. The van der Waals surface area contributed by atoms with E-state index >= 15 is 0 Å². The van der Waals surface area contributed by atoms with E-state index in [2.05, 4.69) is 15.3 Å². The molecule has 1 aromatic heterocycles. The van der Waals surface area contributed by atoms with Crippen LogP contribution in [0.25, 0.3) is 0 Å². The average molecular weight is 275 g/mol. The number of nitrogens with zero attached hydrogens (tertiary/aromatic N) is 2. The quantitative estimate of drug-likeness (QED) is 0.886. The largest absolute Gasteiger partial charge is 0.480 e. The lowest BCUT2D eigenvalue weighted by Crippen LogP contribution is -2.48. The molecule has 0 radical (unpaired) electrons. The molecular formula is C15H21N3O2. The molecule has 5 nitrogen and oxygen atoms in total. The van der Waals surface area contributed by atoms with Gasteiger partial charge >= 0.3 is 5.97 Å². The molecule has 20 heavy (non-hydrogen) atoms. The van der Waals surface area contributed by atoms with Crippen LogP contribution in [0.3, 0.4) is 0 Å². The van der Waals surface area contributed by atoms with E-state index in [0.717, 1.165) is 62.0 Å². The Hall–Kier alpha value is -1.65. The van der Waals surface area contributed by atoms with Crippen molar-refractivity contribution in [2.75, 3.05) is 5.32 Å². The van der Waals surface area contributed by atoms with Crippen LogP contribution in [-0.2, 0) is 17.6 Å². The van der Waals surface area contributed by atoms with E-state index in [0.29, 0.717) is 12.8 Å². The van der Waals surface area contributed by atoms with Gasteiger partial charge in [0.1, 0.15) is 17.7 Å². The highest BCUT2D eigenvalue weighted by molar-refractivity contribution is 5.83. The van der Waals surface area contributed by atoms with Crippen molar-refractivity contribution in [3.05, 3.63) is 17.6 Å². The summed E-state index contributed by atoms with van der Waals surface area (Å²) < 4.78 is 0. The molecule has 1 heterocycles. The molecule has 108 valence electrons. The van der Waals surface area contributed by atoms with Crippen LogP contribution >= 0.6 is 0 Å². The number of aryl methyl sites for hydroxylation is 1. The molecule has 3 rings (SSSR count). The van der Waals surface area contributed by atoms with Crippen LogP contribution in [0.2, 0.25) is 0 Å². The van der Waals surface area contributed by atoms with Crippen LogP contribution < -0.4 is 5.32 Å². The summed E-state index contributed by atoms with van der Waals surface area (Å²) in [6.45, 7) is 0. The molecule has 2 aliphatic rings. The van der Waals surface area contributed by atoms with Crippen molar-refractivity contribution in [2.24, 2.45) is 0 Å². The highest BCUT2D eigenvalue weighted by Gasteiger charge is 2.40. The number of carbonyl (C=O) groups is 1. The summed E-state index contributed by atoms with van der Waals surface area (Å²) in [6.07, 6.45) is 10.2. The van der Waals surface area contributed by atoms with Gasteiger partial charge in [-0.3, -0.25) is 0 Å². The minimum absolute atomic E-state index is 0.682. The SMILES string of the molecule is O=C(O)C1(Nc2ncnc3c2CCCC3)CCCCC1. The van der Waals surface area contributed by atoms with Gasteiger partial charge in [-0.05, 0) is 38.5 Å². The summed E-state index contributed by atoms with van der Waals surface area (Å²) in [5.41, 5.74) is 1.38. The molecule has 0 unspecified atom stereocenters. The Morgan fingerprint density at radius 2 is 1.85 bits per heavy atom. The summed E-state index contributed by atoms with van der Waals surface area (Å²) in [4.78, 5) is 20.4. The van der Waals surface area contributed by atoms with Gasteiger partial charge in [0.2, 0.25) is 0 Å². The predicted octanol–water partition coefficient (Wildman–Crippen LogP) is 2.55. The van der Waals surface area contributed by atoms with E-state index in [1.807, 2.05) is 0 Å². The van der Waals surface area contributed by atoms with E-state index in [-0.39, 0.29) is 0 Å². The van der Waals surface area contributed by atoms with Crippen molar-refractivity contribution < 1.29 is 9.90 Å². The van der Waals surface area contributed by atoms with Gasteiger partial charge in [-0.1, -0.05) is 19.3 Å². The molecule has 2 N–H and O–H groups in total. The third-order valence-corrected chi connectivity index (χ3v) is 4.60. The molecule has 0 saturated heterocycles. The second-order valence-corrected chi connectivity index (χ2v) is 5.93. The molecule has 0 aromatic carbocycles. The van der Waals surface area contributed by atoms with Crippen molar-refractivity contribution in [3.8, 4) is 0 Å². The van der Waals surface area contributed by atoms with Gasteiger partial charge in [0, 0.05) is 11.3 Å². The van der Waals surface area contributed by atoms with Crippen LogP contribution in [0.4, 0.5) is 5.82 Å². The summed E-state index contributed by atoms with van der Waals surface area (Å²) >= 11 is 0. The van der Waals surface area contributed by atoms with Gasteiger partial charge in [-0.2, -0.15) is 0 Å². The highest BCUT2D eigenvalue weighted by Crippen LogP contribution is 2.34. The lowest BCUT2D eigenvalue weighted by Gasteiger charge is -2.35. The van der Waals surface area contributed by atoms with E-state index < -0.39 is 11.5 Å². The molecule has 2 aliphatic carbocycles. The van der Waals surface area contributed by atoms with Crippen LogP contribution in [0.5, 0.6) is 0 Å². The zero-order valence-corrected chi connectivity index (χ0v) is 11.7. The molecule has 0 atom stereocenters. The minimum Gasteiger partial charge on any atom is -0.480 e. The smallest absolute Gasteiger partial charge is 0.329 e. The topological polar surface area (TPSA) is 75.1 Å². The molecule has 0 aliphatic heterocycles. The average Bonchev–Trinajstić information content (AvgIpc) is 2.48. The van der Waals surface area contributed by atoms with E-state index in [1.54, 1.807) is 6.33 Å². The first-order valence-electron chi connectivity index (χ1n) is 7.56. The fourth-order valence-corrected chi connectivity index (χ4v) is 3.40. The van der Waals surface area contributed by atoms with E-state index in [9.17, 15) is 9.90 Å². The van der Waals surface area contributed by atoms with Gasteiger partial charge in [-0.25, -0.2) is 14.8 Å². The molecule has 1 fully saturated rings. The molecule has 0 amide bonds. The first-order chi connectivity index (χ1) is 9.71. The second kappa shape index (κ2) is 5.38. The molecule has 5 heteroatoms. The summed E-state index contributed by atoms with van der Waals surface area (Å²) in [5, 5.41) is 12.9. The number of fused-ring (bicyclic) bond motifs is 1. The Morgan fingerprint density at radius 1 is 1.10 bits per heavy atom. The number of carboxylic acid groups (broad SMARTS) is 1. The maximum Gasteiger partial charge on any atom is 0.329 e. The number of hydrogen-bond acceptors (Lipinski definition) is 4. The Balaban J connectivity index is 1.91. The standard InChI is InChI=1S/C15H21N3O2/c19-14(20)15(8-4-1-5-9-15)18-13-11-6-2-3-7-12(11)16-10-17-13/h10H,1-9H2,(H,19,20)(H,16,17,18). The number of nitrogens with one attached hydrogen (secondary N) is 1. The van der Waals surface area contributed by atoms with Crippen molar-refractivity contribution in [3.63, 3.8) is 0 Å². The van der Waals surface area contributed by atoms with Gasteiger partial charge in [0.05, 0.1) is 0 Å². The van der Waals surface area contributed by atoms with Crippen molar-refractivity contribution in [2.45, 2.75) is 63.3 Å². The molecule has 1 saturated carbocycles. The highest BCUT2D eigenvalue weighted by atomic mass is 16.4. The van der Waals surface area contributed by atoms with Crippen LogP contribution in [0, 0.1) is 0 Å². The van der Waals surface area contributed by atoms with E-state index in [4.69, 9.17) is 0 Å². The first kappa shape index (κ1) is 13.3. The van der Waals surface area contributed by atoms with Crippen LogP contribution in [0.1, 0.15) is 56.2 Å². The summed E-state index contributed by atoms with van der Waals surface area (Å²) in [6, 6.07) is 0. The fraction of sp³-hybridized carbons (Fsp3) is 0.667. The number of hydrogen-bond donors (Lipinski definition) is 2. The lowest BCUT2D eigenvalue weighted by molar-refractivity contribution is -0.143. The zero-order chi connectivity index (χ0) is 14.0. The fourth-order valence-electron chi connectivity index (χ4n) is 3.40. The van der Waals surface area contributed by atoms with Crippen molar-refractivity contribution >= 4 is 11.8 Å². The third-order valence-electron chi connectivity index (χ3n) is 4.60. The summed E-state index contributed by atoms with van der Waals surface area (Å²) in [5.74, 6) is -0.000582. The van der Waals surface area contributed by atoms with Crippen LogP contribution in [0.15, 0.2) is 6.33 Å². The third kappa shape index (κ3) is 2.37. The molecule has 0 bridgehead atoms. The van der Waals surface area contributed by atoms with Gasteiger partial charge in [0.25, 0.3) is 0 Å². The second-order valence-electron chi connectivity index (χ2n) is 5.93. The number of aromatic nitrogens is 2. The van der Waals surface area contributed by atoms with Gasteiger partial charge in [-0.15, -0.1) is 0 Å². The van der Waals surface area contributed by atoms with Gasteiger partial charge in [0.15, 0.2) is 0 Å². The first-order valence-corrected chi connectivity index (χ1v) is 7.56. The maximum absolute atomic E-state index is 11.7. The Labute approximate surface area is 118 Å². The minimum atomic E-state index is -0.835. The zero-order valence-electron chi connectivity index (χ0n) is 11.7. The lowest BCUT2D eigenvalue weighted by atomic mass is 9.81. The van der Waals surface area contributed by atoms with Crippen LogP contribution in [-0.4, -0.2) is 26.6 Å².